The minimum Gasteiger partial charge on any atom is -0.508 e. The number of phenols is 1. The second-order valence-corrected chi connectivity index (χ2v) is 6.57. The first-order chi connectivity index (χ1) is 8.01. The second-order valence-electron chi connectivity index (χ2n) is 3.42. The van der Waals surface area contributed by atoms with Crippen molar-refractivity contribution in [3.05, 3.63) is 41.8 Å². The van der Waals surface area contributed by atoms with E-state index >= 15 is 0 Å². The van der Waals surface area contributed by atoms with E-state index in [1.807, 2.05) is 0 Å². The van der Waals surface area contributed by atoms with Crippen LogP contribution in [0.3, 0.4) is 0 Å². The third kappa shape index (κ3) is 2.27. The largest absolute Gasteiger partial charge is 0.508 e. The van der Waals surface area contributed by atoms with Crippen LogP contribution in [0.5, 0.6) is 5.75 Å². The van der Waals surface area contributed by atoms with E-state index in [2.05, 4.69) is 0 Å². The minimum atomic E-state index is -3.52. The molecule has 0 spiro atoms. The average Bonchev–Trinajstić information content (AvgIpc) is 2.82. The van der Waals surface area contributed by atoms with Crippen LogP contribution in [-0.2, 0) is 10.0 Å². The van der Waals surface area contributed by atoms with Gasteiger partial charge in [-0.15, -0.1) is 11.3 Å². The number of nitrogens with zero attached hydrogens (tertiary/aromatic N) is 1. The van der Waals surface area contributed by atoms with Crippen LogP contribution < -0.4 is 4.31 Å². The zero-order chi connectivity index (χ0) is 12.5. The Hall–Kier alpha value is -1.53. The van der Waals surface area contributed by atoms with Crippen LogP contribution in [0, 0.1) is 0 Å². The molecule has 4 nitrogen and oxygen atoms in total. The van der Waals surface area contributed by atoms with Crippen molar-refractivity contribution in [1.29, 1.82) is 0 Å². The molecule has 0 aliphatic rings. The lowest BCUT2D eigenvalue weighted by atomic mass is 10.3. The summed E-state index contributed by atoms with van der Waals surface area (Å²) in [5.74, 6) is 0.0377. The first-order valence-corrected chi connectivity index (χ1v) is 7.15. The summed E-state index contributed by atoms with van der Waals surface area (Å²) < 4.78 is 25.8. The number of hydrogen-bond acceptors (Lipinski definition) is 4. The third-order valence-corrected chi connectivity index (χ3v) is 5.46. The monoisotopic (exact) mass is 269 g/mol. The maximum absolute atomic E-state index is 12.2. The lowest BCUT2D eigenvalue weighted by Gasteiger charge is -2.18. The summed E-state index contributed by atoms with van der Waals surface area (Å²) in [6.07, 6.45) is 0. The molecule has 0 aliphatic carbocycles. The highest BCUT2D eigenvalue weighted by molar-refractivity contribution is 7.94. The van der Waals surface area contributed by atoms with Crippen LogP contribution in [0.15, 0.2) is 46.0 Å². The molecule has 0 unspecified atom stereocenters. The van der Waals surface area contributed by atoms with Gasteiger partial charge in [0.2, 0.25) is 0 Å². The van der Waals surface area contributed by atoms with Gasteiger partial charge in [0.1, 0.15) is 9.96 Å². The van der Waals surface area contributed by atoms with E-state index in [-0.39, 0.29) is 9.96 Å². The highest BCUT2D eigenvalue weighted by atomic mass is 32.2. The van der Waals surface area contributed by atoms with Gasteiger partial charge in [0, 0.05) is 13.1 Å². The lowest BCUT2D eigenvalue weighted by Crippen LogP contribution is -2.25. The van der Waals surface area contributed by atoms with Crippen molar-refractivity contribution in [3.8, 4) is 5.75 Å². The van der Waals surface area contributed by atoms with Crippen LogP contribution in [0.2, 0.25) is 0 Å². The Morgan fingerprint density at radius 3 is 2.59 bits per heavy atom. The third-order valence-electron chi connectivity index (χ3n) is 2.30. The SMILES string of the molecule is CN(c1cccc(O)c1)S(=O)(=O)c1cccs1. The summed E-state index contributed by atoms with van der Waals surface area (Å²) >= 11 is 1.16. The highest BCUT2D eigenvalue weighted by Gasteiger charge is 2.22. The summed E-state index contributed by atoms with van der Waals surface area (Å²) in [5.41, 5.74) is 0.429. The van der Waals surface area contributed by atoms with Gasteiger partial charge >= 0.3 is 0 Å². The molecule has 1 heterocycles. The molecule has 0 saturated carbocycles. The van der Waals surface area contributed by atoms with Crippen LogP contribution >= 0.6 is 11.3 Å². The molecule has 0 bridgehead atoms. The molecule has 17 heavy (non-hydrogen) atoms. The van der Waals surface area contributed by atoms with Crippen molar-refractivity contribution in [2.75, 3.05) is 11.4 Å². The lowest BCUT2D eigenvalue weighted by molar-refractivity contribution is 0.475. The van der Waals surface area contributed by atoms with E-state index in [9.17, 15) is 13.5 Å². The standard InChI is InChI=1S/C11H11NO3S2/c1-12(9-4-2-5-10(13)8-9)17(14,15)11-6-3-7-16-11/h2-8,13H,1H3. The Balaban J connectivity index is 2.42. The fraction of sp³-hybridized carbons (Fsp3) is 0.0909. The topological polar surface area (TPSA) is 57.6 Å². The Morgan fingerprint density at radius 2 is 2.00 bits per heavy atom. The maximum Gasteiger partial charge on any atom is 0.273 e. The predicted octanol–water partition coefficient (Wildman–Crippen LogP) is 2.28. The molecular formula is C11H11NO3S2. The number of benzene rings is 1. The van der Waals surface area contributed by atoms with E-state index in [1.165, 1.54) is 19.2 Å². The Labute approximate surface area is 104 Å². The van der Waals surface area contributed by atoms with E-state index in [0.29, 0.717) is 5.69 Å². The fourth-order valence-electron chi connectivity index (χ4n) is 1.37. The van der Waals surface area contributed by atoms with Crippen molar-refractivity contribution >= 4 is 27.0 Å². The van der Waals surface area contributed by atoms with Gasteiger partial charge in [-0.1, -0.05) is 12.1 Å². The number of hydrogen-bond donors (Lipinski definition) is 1. The smallest absolute Gasteiger partial charge is 0.273 e. The Kier molecular flexibility index (Phi) is 3.08. The zero-order valence-electron chi connectivity index (χ0n) is 9.07. The molecule has 90 valence electrons. The summed E-state index contributed by atoms with van der Waals surface area (Å²) in [4.78, 5) is 0. The predicted molar refractivity (Wildman–Crippen MR) is 68.0 cm³/mol. The van der Waals surface area contributed by atoms with Gasteiger partial charge in [0.15, 0.2) is 0 Å². The van der Waals surface area contributed by atoms with Crippen LogP contribution in [0.25, 0.3) is 0 Å². The molecule has 0 amide bonds. The van der Waals surface area contributed by atoms with Crippen molar-refractivity contribution in [3.63, 3.8) is 0 Å². The molecule has 1 aromatic carbocycles. The second kappa shape index (κ2) is 4.38. The van der Waals surface area contributed by atoms with Gasteiger partial charge in [-0.2, -0.15) is 0 Å². The molecule has 1 aromatic heterocycles. The van der Waals surface area contributed by atoms with E-state index in [1.54, 1.807) is 29.6 Å². The quantitative estimate of drug-likeness (QED) is 0.930. The normalized spacial score (nSPS) is 11.4. The zero-order valence-corrected chi connectivity index (χ0v) is 10.7. The number of thiophene rings is 1. The maximum atomic E-state index is 12.2. The van der Waals surface area contributed by atoms with Crippen molar-refractivity contribution < 1.29 is 13.5 Å². The van der Waals surface area contributed by atoms with Gasteiger partial charge < -0.3 is 5.11 Å². The van der Waals surface area contributed by atoms with Gasteiger partial charge in [-0.3, -0.25) is 4.31 Å². The minimum absolute atomic E-state index is 0.0377. The van der Waals surface area contributed by atoms with E-state index in [0.717, 1.165) is 15.6 Å². The first-order valence-electron chi connectivity index (χ1n) is 4.83. The van der Waals surface area contributed by atoms with Crippen LogP contribution in [0.4, 0.5) is 5.69 Å². The number of aromatic hydroxyl groups is 1. The van der Waals surface area contributed by atoms with E-state index < -0.39 is 10.0 Å². The molecule has 2 aromatic rings. The summed E-state index contributed by atoms with van der Waals surface area (Å²) in [6, 6.07) is 9.38. The first kappa shape index (κ1) is 11.9. The Morgan fingerprint density at radius 1 is 1.24 bits per heavy atom. The molecule has 0 fully saturated rings. The van der Waals surface area contributed by atoms with Crippen LogP contribution in [-0.4, -0.2) is 20.6 Å². The molecule has 0 aliphatic heterocycles. The molecule has 6 heteroatoms. The summed E-state index contributed by atoms with van der Waals surface area (Å²) in [5, 5.41) is 11.1. The number of anilines is 1. The van der Waals surface area contributed by atoms with E-state index in [4.69, 9.17) is 0 Å². The highest BCUT2D eigenvalue weighted by Crippen LogP contribution is 2.26. The van der Waals surface area contributed by atoms with Gasteiger partial charge in [0.05, 0.1) is 5.69 Å². The molecular weight excluding hydrogens is 258 g/mol. The number of rotatable bonds is 3. The number of sulfonamides is 1. The van der Waals surface area contributed by atoms with Crippen molar-refractivity contribution in [2.45, 2.75) is 4.21 Å². The van der Waals surface area contributed by atoms with Gasteiger partial charge in [0.25, 0.3) is 10.0 Å². The molecule has 1 N–H and O–H groups in total. The summed E-state index contributed by atoms with van der Waals surface area (Å²) in [6.45, 7) is 0. The molecule has 0 radical (unpaired) electrons. The molecule has 0 saturated heterocycles. The number of phenolic OH excluding ortho intramolecular Hbond substituents is 1. The fourth-order valence-corrected chi connectivity index (χ4v) is 3.72. The average molecular weight is 269 g/mol. The van der Waals surface area contributed by atoms with Gasteiger partial charge in [-0.25, -0.2) is 8.42 Å². The summed E-state index contributed by atoms with van der Waals surface area (Å²) in [7, 11) is -2.06. The molecule has 2 rings (SSSR count). The Bertz CT molecular complexity index is 605. The molecule has 0 atom stereocenters. The van der Waals surface area contributed by atoms with Crippen molar-refractivity contribution in [1.82, 2.24) is 0 Å². The van der Waals surface area contributed by atoms with Crippen molar-refractivity contribution in [2.24, 2.45) is 0 Å². The van der Waals surface area contributed by atoms with Crippen LogP contribution in [0.1, 0.15) is 0 Å². The van der Waals surface area contributed by atoms with Gasteiger partial charge in [-0.05, 0) is 23.6 Å².